The van der Waals surface area contributed by atoms with E-state index >= 15 is 0 Å². The SMILES string of the molecule is N#Cc1cc(Cl)ccc1NCCc1ncn[nH]1. The van der Waals surface area contributed by atoms with Gasteiger partial charge in [-0.2, -0.15) is 10.4 Å². The van der Waals surface area contributed by atoms with Crippen LogP contribution in [0.2, 0.25) is 5.02 Å². The highest BCUT2D eigenvalue weighted by Crippen LogP contribution is 2.19. The molecule has 0 saturated carbocycles. The summed E-state index contributed by atoms with van der Waals surface area (Å²) in [4.78, 5) is 4.01. The fourth-order valence-corrected chi connectivity index (χ4v) is 1.60. The summed E-state index contributed by atoms with van der Waals surface area (Å²) in [5, 5.41) is 19.2. The van der Waals surface area contributed by atoms with Gasteiger partial charge in [0.25, 0.3) is 0 Å². The standard InChI is InChI=1S/C11H10ClN5/c12-9-1-2-10(8(5-9)6-13)14-4-3-11-15-7-16-17-11/h1-2,5,7,14H,3-4H2,(H,15,16,17). The second kappa shape index (κ2) is 5.32. The molecule has 0 bridgehead atoms. The molecule has 0 fully saturated rings. The van der Waals surface area contributed by atoms with Gasteiger partial charge in [-0.05, 0) is 18.2 Å². The van der Waals surface area contributed by atoms with Crippen LogP contribution in [0, 0.1) is 11.3 Å². The van der Waals surface area contributed by atoms with Crippen molar-refractivity contribution in [2.45, 2.75) is 6.42 Å². The van der Waals surface area contributed by atoms with Crippen molar-refractivity contribution in [3.63, 3.8) is 0 Å². The summed E-state index contributed by atoms with van der Waals surface area (Å²) in [7, 11) is 0. The molecule has 0 spiro atoms. The molecular weight excluding hydrogens is 238 g/mol. The quantitative estimate of drug-likeness (QED) is 0.866. The summed E-state index contributed by atoms with van der Waals surface area (Å²) in [6.45, 7) is 0.672. The van der Waals surface area contributed by atoms with Crippen LogP contribution in [0.25, 0.3) is 0 Å². The monoisotopic (exact) mass is 247 g/mol. The maximum atomic E-state index is 8.95. The van der Waals surface area contributed by atoms with Crippen LogP contribution in [0.1, 0.15) is 11.4 Å². The number of H-pyrrole nitrogens is 1. The van der Waals surface area contributed by atoms with Gasteiger partial charge in [0, 0.05) is 18.0 Å². The van der Waals surface area contributed by atoms with Crippen LogP contribution in [0.15, 0.2) is 24.5 Å². The van der Waals surface area contributed by atoms with E-state index in [2.05, 4.69) is 26.6 Å². The minimum atomic E-state index is 0.537. The number of aromatic amines is 1. The Balaban J connectivity index is 1.97. The molecule has 0 unspecified atom stereocenters. The Hall–Kier alpha value is -2.06. The lowest BCUT2D eigenvalue weighted by atomic mass is 10.2. The molecule has 1 heterocycles. The number of halogens is 1. The Morgan fingerprint density at radius 3 is 3.06 bits per heavy atom. The fourth-order valence-electron chi connectivity index (χ4n) is 1.43. The highest BCUT2D eigenvalue weighted by molar-refractivity contribution is 6.30. The lowest BCUT2D eigenvalue weighted by molar-refractivity contribution is 0.901. The molecule has 0 aliphatic carbocycles. The summed E-state index contributed by atoms with van der Waals surface area (Å²) in [5.41, 5.74) is 1.31. The zero-order chi connectivity index (χ0) is 12.1. The maximum Gasteiger partial charge on any atom is 0.137 e. The Labute approximate surface area is 103 Å². The first kappa shape index (κ1) is 11.4. The van der Waals surface area contributed by atoms with Crippen molar-refractivity contribution >= 4 is 17.3 Å². The van der Waals surface area contributed by atoms with Gasteiger partial charge < -0.3 is 5.32 Å². The largest absolute Gasteiger partial charge is 0.384 e. The number of aromatic nitrogens is 3. The van der Waals surface area contributed by atoms with Crippen LogP contribution < -0.4 is 5.32 Å². The lowest BCUT2D eigenvalue weighted by Crippen LogP contribution is -2.07. The van der Waals surface area contributed by atoms with Crippen molar-refractivity contribution in [2.75, 3.05) is 11.9 Å². The number of benzene rings is 1. The first-order valence-corrected chi connectivity index (χ1v) is 5.45. The molecule has 0 saturated heterocycles. The van der Waals surface area contributed by atoms with Gasteiger partial charge in [0.1, 0.15) is 18.2 Å². The Morgan fingerprint density at radius 2 is 2.35 bits per heavy atom. The van der Waals surface area contributed by atoms with E-state index in [1.807, 2.05) is 0 Å². The third kappa shape index (κ3) is 2.95. The van der Waals surface area contributed by atoms with Gasteiger partial charge in [-0.1, -0.05) is 11.6 Å². The number of anilines is 1. The molecule has 2 aromatic rings. The fraction of sp³-hybridized carbons (Fsp3) is 0.182. The first-order valence-electron chi connectivity index (χ1n) is 5.07. The number of rotatable bonds is 4. The predicted octanol–water partition coefficient (Wildman–Crippen LogP) is 1.98. The lowest BCUT2D eigenvalue weighted by Gasteiger charge is -2.07. The van der Waals surface area contributed by atoms with Gasteiger partial charge in [0.15, 0.2) is 0 Å². The van der Waals surface area contributed by atoms with Crippen molar-refractivity contribution < 1.29 is 0 Å². The molecule has 17 heavy (non-hydrogen) atoms. The average molecular weight is 248 g/mol. The molecule has 6 heteroatoms. The van der Waals surface area contributed by atoms with Crippen LogP contribution in [0.5, 0.6) is 0 Å². The molecule has 5 nitrogen and oxygen atoms in total. The summed E-state index contributed by atoms with van der Waals surface area (Å²) < 4.78 is 0. The highest BCUT2D eigenvalue weighted by Gasteiger charge is 2.02. The minimum absolute atomic E-state index is 0.537. The predicted molar refractivity (Wildman–Crippen MR) is 64.7 cm³/mol. The Bertz CT molecular complexity index is 529. The van der Waals surface area contributed by atoms with Crippen LogP contribution in [0.4, 0.5) is 5.69 Å². The summed E-state index contributed by atoms with van der Waals surface area (Å²) in [6, 6.07) is 7.28. The number of hydrogen-bond donors (Lipinski definition) is 2. The van der Waals surface area contributed by atoms with Crippen molar-refractivity contribution in [2.24, 2.45) is 0 Å². The van der Waals surface area contributed by atoms with E-state index in [1.165, 1.54) is 6.33 Å². The van der Waals surface area contributed by atoms with E-state index < -0.39 is 0 Å². The minimum Gasteiger partial charge on any atom is -0.384 e. The molecule has 0 radical (unpaired) electrons. The number of nitrogens with one attached hydrogen (secondary N) is 2. The van der Waals surface area contributed by atoms with Crippen molar-refractivity contribution in [3.05, 3.63) is 40.9 Å². The molecule has 0 aliphatic rings. The number of nitriles is 1. The molecule has 86 valence electrons. The van der Waals surface area contributed by atoms with Gasteiger partial charge in [-0.15, -0.1) is 0 Å². The maximum absolute atomic E-state index is 8.95. The second-order valence-corrected chi connectivity index (χ2v) is 3.85. The molecule has 2 rings (SSSR count). The number of hydrogen-bond acceptors (Lipinski definition) is 4. The Morgan fingerprint density at radius 1 is 1.47 bits per heavy atom. The number of nitrogens with zero attached hydrogens (tertiary/aromatic N) is 3. The van der Waals surface area contributed by atoms with Crippen LogP contribution in [-0.2, 0) is 6.42 Å². The van der Waals surface area contributed by atoms with Gasteiger partial charge in [0.05, 0.1) is 11.3 Å². The summed E-state index contributed by atoms with van der Waals surface area (Å²) in [6.07, 6.45) is 2.19. The van der Waals surface area contributed by atoms with Crippen LogP contribution >= 0.6 is 11.6 Å². The van der Waals surface area contributed by atoms with Gasteiger partial charge in [-0.25, -0.2) is 4.98 Å². The van der Waals surface area contributed by atoms with Crippen LogP contribution in [-0.4, -0.2) is 21.7 Å². The zero-order valence-electron chi connectivity index (χ0n) is 8.94. The molecule has 2 N–H and O–H groups in total. The van der Waals surface area contributed by atoms with Crippen molar-refractivity contribution in [1.29, 1.82) is 5.26 Å². The average Bonchev–Trinajstić information content (AvgIpc) is 2.84. The van der Waals surface area contributed by atoms with E-state index in [0.717, 1.165) is 11.5 Å². The third-order valence-corrected chi connectivity index (χ3v) is 2.48. The summed E-state index contributed by atoms with van der Waals surface area (Å²) >= 11 is 5.81. The topological polar surface area (TPSA) is 77.4 Å². The molecule has 1 aromatic heterocycles. The zero-order valence-corrected chi connectivity index (χ0v) is 9.70. The Kier molecular flexibility index (Phi) is 3.58. The summed E-state index contributed by atoms with van der Waals surface area (Å²) in [5.74, 6) is 0.810. The van der Waals surface area contributed by atoms with Crippen molar-refractivity contribution in [3.8, 4) is 6.07 Å². The van der Waals surface area contributed by atoms with E-state index in [9.17, 15) is 0 Å². The first-order chi connectivity index (χ1) is 8.29. The van der Waals surface area contributed by atoms with E-state index in [-0.39, 0.29) is 0 Å². The van der Waals surface area contributed by atoms with E-state index in [1.54, 1.807) is 18.2 Å². The third-order valence-electron chi connectivity index (χ3n) is 2.24. The van der Waals surface area contributed by atoms with Gasteiger partial charge >= 0.3 is 0 Å². The molecule has 1 aromatic carbocycles. The van der Waals surface area contributed by atoms with Gasteiger partial charge in [0.2, 0.25) is 0 Å². The molecule has 0 atom stereocenters. The van der Waals surface area contributed by atoms with Gasteiger partial charge in [-0.3, -0.25) is 5.10 Å². The van der Waals surface area contributed by atoms with E-state index in [4.69, 9.17) is 16.9 Å². The second-order valence-electron chi connectivity index (χ2n) is 3.41. The van der Waals surface area contributed by atoms with Crippen molar-refractivity contribution in [1.82, 2.24) is 15.2 Å². The normalized spacial score (nSPS) is 9.88. The molecule has 0 aliphatic heterocycles. The molecular formula is C11H10ClN5. The van der Waals surface area contributed by atoms with E-state index in [0.29, 0.717) is 23.6 Å². The smallest absolute Gasteiger partial charge is 0.137 e. The highest BCUT2D eigenvalue weighted by atomic mass is 35.5. The van der Waals surface area contributed by atoms with Crippen LogP contribution in [0.3, 0.4) is 0 Å². The molecule has 0 amide bonds.